The van der Waals surface area contributed by atoms with E-state index in [1.54, 1.807) is 38.1 Å². The van der Waals surface area contributed by atoms with Crippen molar-refractivity contribution < 1.29 is 17.9 Å². The average Bonchev–Trinajstić information content (AvgIpc) is 2.68. The molecule has 1 N–H and O–H groups in total. The second-order valence-electron chi connectivity index (χ2n) is 5.93. The standard InChI is InChI=1S/C20H26N2O4S/c1-4-19(26-17-10-8-7-9-11-17)20(23)21-16-12-14-18(15-13-16)27(24,25)22(5-2)6-3/h7-15,19H,4-6H2,1-3H3,(H,21,23)/t19-/m0/s1. The molecule has 0 unspecified atom stereocenters. The third-order valence-electron chi connectivity index (χ3n) is 4.15. The Morgan fingerprint density at radius 2 is 1.59 bits per heavy atom. The predicted molar refractivity (Wildman–Crippen MR) is 106 cm³/mol. The number of ether oxygens (including phenoxy) is 1. The van der Waals surface area contributed by atoms with Gasteiger partial charge in [-0.15, -0.1) is 0 Å². The Balaban J connectivity index is 2.07. The van der Waals surface area contributed by atoms with Gasteiger partial charge < -0.3 is 10.1 Å². The summed E-state index contributed by atoms with van der Waals surface area (Å²) in [4.78, 5) is 12.7. The topological polar surface area (TPSA) is 75.7 Å². The molecule has 2 rings (SSSR count). The number of rotatable bonds is 9. The molecule has 0 heterocycles. The highest BCUT2D eigenvalue weighted by Crippen LogP contribution is 2.19. The first-order valence-corrected chi connectivity index (χ1v) is 10.5. The molecule has 0 aromatic heterocycles. The maximum absolute atomic E-state index is 12.5. The van der Waals surface area contributed by atoms with Crippen LogP contribution >= 0.6 is 0 Å². The van der Waals surface area contributed by atoms with Crippen LogP contribution in [0.3, 0.4) is 0 Å². The van der Waals surface area contributed by atoms with Crippen LogP contribution in [0, 0.1) is 0 Å². The highest BCUT2D eigenvalue weighted by Gasteiger charge is 2.22. The van der Waals surface area contributed by atoms with Gasteiger partial charge in [-0.1, -0.05) is 39.0 Å². The molecule has 0 bridgehead atoms. The molecule has 0 radical (unpaired) electrons. The molecule has 2 aromatic rings. The van der Waals surface area contributed by atoms with Crippen molar-refractivity contribution in [2.24, 2.45) is 0 Å². The number of benzene rings is 2. The van der Waals surface area contributed by atoms with Crippen molar-refractivity contribution in [1.29, 1.82) is 0 Å². The van der Waals surface area contributed by atoms with Crippen molar-refractivity contribution in [2.45, 2.75) is 38.2 Å². The zero-order chi connectivity index (χ0) is 19.9. The van der Waals surface area contributed by atoms with Gasteiger partial charge in [-0.05, 0) is 42.8 Å². The van der Waals surface area contributed by atoms with Crippen molar-refractivity contribution in [2.75, 3.05) is 18.4 Å². The lowest BCUT2D eigenvalue weighted by atomic mass is 10.2. The summed E-state index contributed by atoms with van der Waals surface area (Å²) in [6.07, 6.45) is -0.124. The first-order chi connectivity index (χ1) is 12.9. The molecule has 0 aliphatic rings. The third kappa shape index (κ3) is 5.30. The minimum absolute atomic E-state index is 0.205. The number of amides is 1. The summed E-state index contributed by atoms with van der Waals surface area (Å²) in [6.45, 7) is 6.28. The van der Waals surface area contributed by atoms with E-state index in [2.05, 4.69) is 5.32 Å². The quantitative estimate of drug-likeness (QED) is 0.711. The van der Waals surface area contributed by atoms with Crippen LogP contribution in [0.15, 0.2) is 59.5 Å². The Bertz CT molecular complexity index is 832. The van der Waals surface area contributed by atoms with Crippen LogP contribution in [0.4, 0.5) is 5.69 Å². The average molecular weight is 391 g/mol. The molecule has 146 valence electrons. The van der Waals surface area contributed by atoms with Crippen LogP contribution < -0.4 is 10.1 Å². The second kappa shape index (κ2) is 9.53. The van der Waals surface area contributed by atoms with Crippen molar-refractivity contribution in [3.63, 3.8) is 0 Å². The van der Waals surface area contributed by atoms with E-state index in [4.69, 9.17) is 4.74 Å². The Morgan fingerprint density at radius 1 is 1.00 bits per heavy atom. The third-order valence-corrected chi connectivity index (χ3v) is 6.21. The molecule has 7 heteroatoms. The van der Waals surface area contributed by atoms with Gasteiger partial charge in [0.2, 0.25) is 10.0 Å². The van der Waals surface area contributed by atoms with Gasteiger partial charge in [0, 0.05) is 18.8 Å². The number of sulfonamides is 1. The van der Waals surface area contributed by atoms with E-state index in [1.807, 2.05) is 25.1 Å². The fourth-order valence-electron chi connectivity index (χ4n) is 2.63. The maximum Gasteiger partial charge on any atom is 0.265 e. The van der Waals surface area contributed by atoms with Crippen LogP contribution in [0.2, 0.25) is 0 Å². The molecular weight excluding hydrogens is 364 g/mol. The van der Waals surface area contributed by atoms with Crippen LogP contribution in [0.5, 0.6) is 5.75 Å². The van der Waals surface area contributed by atoms with E-state index in [1.165, 1.54) is 16.4 Å². The molecule has 0 saturated heterocycles. The van der Waals surface area contributed by atoms with Crippen LogP contribution in [-0.4, -0.2) is 37.8 Å². The Labute approximate surface area is 161 Å². The number of hydrogen-bond donors (Lipinski definition) is 1. The highest BCUT2D eigenvalue weighted by atomic mass is 32.2. The summed E-state index contributed by atoms with van der Waals surface area (Å²) >= 11 is 0. The minimum atomic E-state index is -3.51. The minimum Gasteiger partial charge on any atom is -0.481 e. The molecule has 0 aliphatic carbocycles. The fraction of sp³-hybridized carbons (Fsp3) is 0.350. The summed E-state index contributed by atoms with van der Waals surface area (Å²) in [5.41, 5.74) is 0.522. The molecule has 0 spiro atoms. The number of para-hydroxylation sites is 1. The van der Waals surface area contributed by atoms with Gasteiger partial charge in [0.25, 0.3) is 5.91 Å². The van der Waals surface area contributed by atoms with Crippen molar-refractivity contribution in [1.82, 2.24) is 4.31 Å². The number of anilines is 1. The van der Waals surface area contributed by atoms with Crippen molar-refractivity contribution >= 4 is 21.6 Å². The lowest BCUT2D eigenvalue weighted by Crippen LogP contribution is -2.32. The molecule has 6 nitrogen and oxygen atoms in total. The van der Waals surface area contributed by atoms with Gasteiger partial charge in [0.15, 0.2) is 6.10 Å². The normalized spacial score (nSPS) is 12.6. The molecule has 1 amide bonds. The van der Waals surface area contributed by atoms with Crippen LogP contribution in [0.1, 0.15) is 27.2 Å². The number of hydrogen-bond acceptors (Lipinski definition) is 4. The summed E-state index contributed by atoms with van der Waals surface area (Å²) in [5.74, 6) is 0.348. The van der Waals surface area contributed by atoms with E-state index in [0.717, 1.165) is 0 Å². The molecule has 0 aliphatic heterocycles. The highest BCUT2D eigenvalue weighted by molar-refractivity contribution is 7.89. The summed E-state index contributed by atoms with van der Waals surface area (Å²) in [7, 11) is -3.51. The Hall–Kier alpha value is -2.38. The van der Waals surface area contributed by atoms with Gasteiger partial charge in [-0.3, -0.25) is 4.79 Å². The van der Waals surface area contributed by atoms with E-state index >= 15 is 0 Å². The molecular formula is C20H26N2O4S. The van der Waals surface area contributed by atoms with Gasteiger partial charge in [-0.25, -0.2) is 8.42 Å². The molecule has 2 aromatic carbocycles. The van der Waals surface area contributed by atoms with E-state index in [-0.39, 0.29) is 10.8 Å². The summed E-state index contributed by atoms with van der Waals surface area (Å²) < 4.78 is 32.1. The molecule has 1 atom stereocenters. The lowest BCUT2D eigenvalue weighted by Gasteiger charge is -2.19. The predicted octanol–water partition coefficient (Wildman–Crippen LogP) is 3.51. The maximum atomic E-state index is 12.5. The van der Waals surface area contributed by atoms with Gasteiger partial charge in [0.1, 0.15) is 5.75 Å². The van der Waals surface area contributed by atoms with Crippen LogP contribution in [-0.2, 0) is 14.8 Å². The Kier molecular flexibility index (Phi) is 7.38. The van der Waals surface area contributed by atoms with E-state index < -0.39 is 16.1 Å². The van der Waals surface area contributed by atoms with Crippen LogP contribution in [0.25, 0.3) is 0 Å². The van der Waals surface area contributed by atoms with E-state index in [9.17, 15) is 13.2 Å². The first kappa shape index (κ1) is 20.9. The zero-order valence-corrected chi connectivity index (χ0v) is 16.7. The van der Waals surface area contributed by atoms with Gasteiger partial charge >= 0.3 is 0 Å². The number of nitrogens with zero attached hydrogens (tertiary/aromatic N) is 1. The largest absolute Gasteiger partial charge is 0.481 e. The molecule has 27 heavy (non-hydrogen) atoms. The fourth-order valence-corrected chi connectivity index (χ4v) is 4.09. The smallest absolute Gasteiger partial charge is 0.265 e. The van der Waals surface area contributed by atoms with Gasteiger partial charge in [0.05, 0.1) is 4.90 Å². The molecule has 0 fully saturated rings. The van der Waals surface area contributed by atoms with Crippen molar-refractivity contribution in [3.8, 4) is 5.75 Å². The zero-order valence-electron chi connectivity index (χ0n) is 15.9. The lowest BCUT2D eigenvalue weighted by molar-refractivity contribution is -0.122. The second-order valence-corrected chi connectivity index (χ2v) is 7.87. The molecule has 0 saturated carbocycles. The van der Waals surface area contributed by atoms with Gasteiger partial charge in [-0.2, -0.15) is 4.31 Å². The number of carbonyl (C=O) groups excluding carboxylic acids is 1. The monoisotopic (exact) mass is 390 g/mol. The van der Waals surface area contributed by atoms with Crippen molar-refractivity contribution in [3.05, 3.63) is 54.6 Å². The summed E-state index contributed by atoms with van der Waals surface area (Å²) in [5, 5.41) is 2.78. The number of carbonyl (C=O) groups is 1. The summed E-state index contributed by atoms with van der Waals surface area (Å²) in [6, 6.07) is 15.3. The Morgan fingerprint density at radius 3 is 2.11 bits per heavy atom. The SMILES string of the molecule is CC[C@H](Oc1ccccc1)C(=O)Nc1ccc(S(=O)(=O)N(CC)CC)cc1. The number of nitrogens with one attached hydrogen (secondary N) is 1. The first-order valence-electron chi connectivity index (χ1n) is 9.05. The van der Waals surface area contributed by atoms with E-state index in [0.29, 0.717) is 30.9 Å².